The lowest BCUT2D eigenvalue weighted by molar-refractivity contribution is 0.313. The van der Waals surface area contributed by atoms with Crippen LogP contribution >= 0.6 is 11.3 Å². The van der Waals surface area contributed by atoms with E-state index in [0.29, 0.717) is 0 Å². The van der Waals surface area contributed by atoms with Crippen LogP contribution < -0.4 is 19.7 Å². The Morgan fingerprint density at radius 3 is 2.45 bits per heavy atom. The van der Waals surface area contributed by atoms with E-state index >= 15 is 0 Å². The molecular weight excluding hydrogens is 384 g/mol. The average molecular weight is 413 g/mol. The quantitative estimate of drug-likeness (QED) is 0.637. The predicted octanol–water partition coefficient (Wildman–Crippen LogP) is 3.92. The van der Waals surface area contributed by atoms with Crippen molar-refractivity contribution >= 4 is 22.0 Å². The Labute approximate surface area is 176 Å². The molecule has 4 rings (SSSR count). The predicted molar refractivity (Wildman–Crippen MR) is 120 cm³/mol. The maximum Gasteiger partial charge on any atom is 0.162 e. The number of methoxy groups -OCH3 is 2. The molecule has 1 saturated heterocycles. The average Bonchev–Trinajstić information content (AvgIpc) is 3.42. The highest BCUT2D eigenvalue weighted by atomic mass is 32.1. The van der Waals surface area contributed by atoms with Gasteiger partial charge in [0.1, 0.15) is 5.00 Å². The molecule has 0 spiro atoms. The van der Waals surface area contributed by atoms with Gasteiger partial charge >= 0.3 is 0 Å². The number of nitrogens with zero attached hydrogens (tertiary/aromatic N) is 3. The minimum absolute atomic E-state index is 0.725. The number of thiophene rings is 1. The van der Waals surface area contributed by atoms with Crippen molar-refractivity contribution in [1.82, 2.24) is 9.47 Å². The van der Waals surface area contributed by atoms with Crippen molar-refractivity contribution in [1.29, 1.82) is 0 Å². The van der Waals surface area contributed by atoms with E-state index in [1.165, 1.54) is 15.7 Å². The number of ether oxygens (including phenoxy) is 2. The van der Waals surface area contributed by atoms with Gasteiger partial charge in [-0.1, -0.05) is 0 Å². The summed E-state index contributed by atoms with van der Waals surface area (Å²) < 4.78 is 13.0. The molecule has 0 unspecified atom stereocenters. The Kier molecular flexibility index (Phi) is 5.97. The number of hydrogen-bond acceptors (Lipinski definition) is 6. The molecule has 3 aromatic rings. The molecule has 0 atom stereocenters. The highest BCUT2D eigenvalue weighted by Crippen LogP contribution is 2.32. The first kappa shape index (κ1) is 19.7. The Hall–Kier alpha value is -2.64. The lowest BCUT2D eigenvalue weighted by Crippen LogP contribution is -2.44. The first-order chi connectivity index (χ1) is 14.2. The first-order valence-corrected chi connectivity index (χ1v) is 10.7. The molecule has 1 aliphatic heterocycles. The van der Waals surface area contributed by atoms with Gasteiger partial charge in [-0.05, 0) is 43.4 Å². The molecule has 1 fully saturated rings. The number of hydrogen-bond donors (Lipinski definition) is 1. The molecule has 0 aliphatic carbocycles. The van der Waals surface area contributed by atoms with Gasteiger partial charge in [0, 0.05) is 49.8 Å². The van der Waals surface area contributed by atoms with E-state index in [1.54, 1.807) is 14.2 Å². The van der Waals surface area contributed by atoms with Gasteiger partial charge in [0.15, 0.2) is 11.5 Å². The minimum atomic E-state index is 0.725. The third-order valence-corrected chi connectivity index (χ3v) is 6.47. The van der Waals surface area contributed by atoms with Gasteiger partial charge in [-0.3, -0.25) is 0 Å². The van der Waals surface area contributed by atoms with Crippen molar-refractivity contribution in [3.8, 4) is 16.5 Å². The molecule has 3 heterocycles. The van der Waals surface area contributed by atoms with Crippen LogP contribution in [0.25, 0.3) is 5.00 Å². The summed E-state index contributed by atoms with van der Waals surface area (Å²) in [6.07, 6.45) is 2.13. The fourth-order valence-corrected chi connectivity index (χ4v) is 4.63. The van der Waals surface area contributed by atoms with E-state index in [0.717, 1.165) is 49.9 Å². The van der Waals surface area contributed by atoms with Crippen LogP contribution in [0.3, 0.4) is 0 Å². The zero-order valence-electron chi connectivity index (χ0n) is 17.2. The van der Waals surface area contributed by atoms with Crippen molar-refractivity contribution in [3.63, 3.8) is 0 Å². The molecule has 0 amide bonds. The second kappa shape index (κ2) is 8.80. The highest BCUT2D eigenvalue weighted by molar-refractivity contribution is 7.18. The number of anilines is 2. The third kappa shape index (κ3) is 4.36. The van der Waals surface area contributed by atoms with E-state index in [4.69, 9.17) is 9.47 Å². The van der Waals surface area contributed by atoms with Gasteiger partial charge in [0.2, 0.25) is 0 Å². The SMILES string of the molecule is COc1ccc(NCc2cccn2-c2ccc(N3CCN(C)CC3)s2)cc1OC. The van der Waals surface area contributed by atoms with Crippen molar-refractivity contribution in [2.75, 3.05) is 57.7 Å². The molecule has 2 aromatic heterocycles. The summed E-state index contributed by atoms with van der Waals surface area (Å²) >= 11 is 1.85. The maximum absolute atomic E-state index is 5.40. The summed E-state index contributed by atoms with van der Waals surface area (Å²) in [6.45, 7) is 5.16. The minimum Gasteiger partial charge on any atom is -0.493 e. The summed E-state index contributed by atoms with van der Waals surface area (Å²) in [5.74, 6) is 1.46. The van der Waals surface area contributed by atoms with E-state index in [-0.39, 0.29) is 0 Å². The van der Waals surface area contributed by atoms with Gasteiger partial charge in [-0.2, -0.15) is 0 Å². The van der Waals surface area contributed by atoms with Crippen molar-refractivity contribution < 1.29 is 9.47 Å². The molecule has 0 radical (unpaired) electrons. The molecule has 1 N–H and O–H groups in total. The standard InChI is InChI=1S/C22H28N4O2S/c1-24-11-13-25(14-12-24)21-8-9-22(29-21)26-10-4-5-18(26)16-23-17-6-7-19(27-2)20(15-17)28-3/h4-10,15,23H,11-14,16H2,1-3H3. The maximum atomic E-state index is 5.40. The Morgan fingerprint density at radius 2 is 1.69 bits per heavy atom. The van der Waals surface area contributed by atoms with E-state index in [2.05, 4.69) is 57.2 Å². The second-order valence-electron chi connectivity index (χ2n) is 7.20. The van der Waals surface area contributed by atoms with Crippen LogP contribution in [0.2, 0.25) is 0 Å². The topological polar surface area (TPSA) is 41.9 Å². The molecule has 6 nitrogen and oxygen atoms in total. The Bertz CT molecular complexity index is 944. The van der Waals surface area contributed by atoms with Crippen molar-refractivity contribution in [3.05, 3.63) is 54.4 Å². The molecule has 29 heavy (non-hydrogen) atoms. The molecule has 1 aliphatic rings. The van der Waals surface area contributed by atoms with Crippen LogP contribution in [0, 0.1) is 0 Å². The molecule has 7 heteroatoms. The summed E-state index contributed by atoms with van der Waals surface area (Å²) in [4.78, 5) is 4.87. The largest absolute Gasteiger partial charge is 0.493 e. The van der Waals surface area contributed by atoms with E-state index < -0.39 is 0 Å². The number of benzene rings is 1. The van der Waals surface area contributed by atoms with Crippen LogP contribution in [0.1, 0.15) is 5.69 Å². The fraction of sp³-hybridized carbons (Fsp3) is 0.364. The number of nitrogens with one attached hydrogen (secondary N) is 1. The number of likely N-dealkylation sites (N-methyl/N-ethyl adjacent to an activating group) is 1. The van der Waals surface area contributed by atoms with Crippen LogP contribution in [0.4, 0.5) is 10.7 Å². The molecule has 154 valence electrons. The van der Waals surface area contributed by atoms with Crippen LogP contribution in [-0.4, -0.2) is 56.9 Å². The monoisotopic (exact) mass is 412 g/mol. The van der Waals surface area contributed by atoms with Crippen molar-refractivity contribution in [2.24, 2.45) is 0 Å². The van der Waals surface area contributed by atoms with Gasteiger partial charge in [0.05, 0.1) is 25.8 Å². The Morgan fingerprint density at radius 1 is 0.931 bits per heavy atom. The van der Waals surface area contributed by atoms with Crippen molar-refractivity contribution in [2.45, 2.75) is 6.54 Å². The molecular formula is C22H28N4O2S. The summed E-state index contributed by atoms with van der Waals surface area (Å²) in [5, 5.41) is 6.08. The second-order valence-corrected chi connectivity index (χ2v) is 8.24. The van der Waals surface area contributed by atoms with Gasteiger partial charge in [-0.25, -0.2) is 0 Å². The third-order valence-electron chi connectivity index (χ3n) is 5.32. The van der Waals surface area contributed by atoms with Gasteiger partial charge in [-0.15, -0.1) is 11.3 Å². The van der Waals surface area contributed by atoms with Crippen LogP contribution in [0.5, 0.6) is 11.5 Å². The van der Waals surface area contributed by atoms with Gasteiger partial charge < -0.3 is 29.2 Å². The normalized spacial score (nSPS) is 14.8. The zero-order chi connectivity index (χ0) is 20.2. The number of piperazine rings is 1. The lowest BCUT2D eigenvalue weighted by Gasteiger charge is -2.32. The van der Waals surface area contributed by atoms with Crippen LogP contribution in [-0.2, 0) is 6.54 Å². The molecule has 1 aromatic carbocycles. The fourth-order valence-electron chi connectivity index (χ4n) is 3.56. The van der Waals surface area contributed by atoms with Gasteiger partial charge in [0.25, 0.3) is 0 Å². The Balaban J connectivity index is 1.45. The molecule has 0 saturated carbocycles. The summed E-state index contributed by atoms with van der Waals surface area (Å²) in [6, 6.07) is 14.6. The van der Waals surface area contributed by atoms with Crippen LogP contribution in [0.15, 0.2) is 48.7 Å². The molecule has 0 bridgehead atoms. The van der Waals surface area contributed by atoms with E-state index in [9.17, 15) is 0 Å². The highest BCUT2D eigenvalue weighted by Gasteiger charge is 2.16. The first-order valence-electron chi connectivity index (χ1n) is 9.84. The smallest absolute Gasteiger partial charge is 0.162 e. The zero-order valence-corrected chi connectivity index (χ0v) is 18.0. The lowest BCUT2D eigenvalue weighted by atomic mass is 10.2. The number of rotatable bonds is 7. The number of aromatic nitrogens is 1. The summed E-state index contributed by atoms with van der Waals surface area (Å²) in [7, 11) is 5.49. The van der Waals surface area contributed by atoms with E-state index in [1.807, 2.05) is 29.5 Å². The summed E-state index contributed by atoms with van der Waals surface area (Å²) in [5.41, 5.74) is 2.21.